The van der Waals surface area contributed by atoms with E-state index in [1.807, 2.05) is 6.92 Å². The summed E-state index contributed by atoms with van der Waals surface area (Å²) in [7, 11) is 0. The third-order valence-electron chi connectivity index (χ3n) is 11.5. The van der Waals surface area contributed by atoms with Crippen LogP contribution in [0.1, 0.15) is 66.2 Å². The first kappa shape index (κ1) is 22.7. The van der Waals surface area contributed by atoms with Crippen LogP contribution in [0.2, 0.25) is 0 Å². The maximum Gasteiger partial charge on any atom is 0.341 e. The fourth-order valence-electron chi connectivity index (χ4n) is 9.62. The number of carbonyl (C=O) groups is 3. The van der Waals surface area contributed by atoms with Crippen molar-refractivity contribution in [3.8, 4) is 0 Å². The molecule has 4 unspecified atom stereocenters. The van der Waals surface area contributed by atoms with Crippen LogP contribution in [0.15, 0.2) is 23.3 Å². The van der Waals surface area contributed by atoms with Gasteiger partial charge in [0, 0.05) is 6.42 Å². The second-order valence-corrected chi connectivity index (χ2v) is 12.4. The van der Waals surface area contributed by atoms with Crippen molar-refractivity contribution in [1.82, 2.24) is 0 Å². The van der Waals surface area contributed by atoms with Gasteiger partial charge in [-0.1, -0.05) is 19.4 Å². The summed E-state index contributed by atoms with van der Waals surface area (Å²) in [5, 5.41) is 10.8. The molecule has 1 N–H and O–H groups in total. The van der Waals surface area contributed by atoms with E-state index in [2.05, 4.69) is 20.8 Å². The average molecular weight is 469 g/mol. The lowest BCUT2D eigenvalue weighted by molar-refractivity contribution is -0.155. The molecule has 11 atom stereocenters. The zero-order valence-electron chi connectivity index (χ0n) is 20.6. The molecule has 4 fully saturated rings. The van der Waals surface area contributed by atoms with Crippen molar-refractivity contribution in [2.45, 2.75) is 90.1 Å². The molecule has 184 valence electrons. The number of allylic oxidation sites excluding steroid dienone is 1. The van der Waals surface area contributed by atoms with Crippen LogP contribution in [0.5, 0.6) is 0 Å². The normalized spacial score (nSPS) is 52.2. The van der Waals surface area contributed by atoms with Gasteiger partial charge < -0.3 is 14.6 Å². The van der Waals surface area contributed by atoms with Crippen molar-refractivity contribution < 1.29 is 29.0 Å². The zero-order valence-corrected chi connectivity index (χ0v) is 20.6. The summed E-state index contributed by atoms with van der Waals surface area (Å²) >= 11 is 0. The minimum Gasteiger partial charge on any atom is -0.458 e. The highest BCUT2D eigenvalue weighted by Gasteiger charge is 2.80. The number of esters is 1. The summed E-state index contributed by atoms with van der Waals surface area (Å²) in [5.41, 5.74) is -0.263. The van der Waals surface area contributed by atoms with Gasteiger partial charge in [-0.3, -0.25) is 9.59 Å². The van der Waals surface area contributed by atoms with Gasteiger partial charge in [0.15, 0.2) is 12.1 Å². The lowest BCUT2D eigenvalue weighted by Gasteiger charge is -2.58. The molecule has 2 heterocycles. The second kappa shape index (κ2) is 7.13. The van der Waals surface area contributed by atoms with Crippen molar-refractivity contribution >= 4 is 18.0 Å². The maximum atomic E-state index is 13.3. The van der Waals surface area contributed by atoms with Crippen molar-refractivity contribution in [2.24, 2.45) is 40.4 Å². The molecule has 1 saturated heterocycles. The molecule has 0 bridgehead atoms. The number of aliphatic hydroxyl groups is 1. The number of hydrogen-bond donors (Lipinski definition) is 1. The molecule has 0 amide bonds. The molecular weight excluding hydrogens is 432 g/mol. The molecule has 6 aliphatic rings. The minimum absolute atomic E-state index is 0.0460. The Hall–Kier alpha value is -1.79. The fraction of sp³-hybridized carbons (Fsp3) is 0.750. The first-order valence-corrected chi connectivity index (χ1v) is 13.0. The minimum atomic E-state index is -0.727. The Morgan fingerprint density at radius 1 is 1.18 bits per heavy atom. The number of aldehydes is 1. The van der Waals surface area contributed by atoms with Crippen molar-refractivity contribution in [3.63, 3.8) is 0 Å². The molecule has 2 aliphatic heterocycles. The van der Waals surface area contributed by atoms with E-state index in [1.165, 1.54) is 0 Å². The summed E-state index contributed by atoms with van der Waals surface area (Å²) in [6.07, 6.45) is 8.63. The molecule has 6 nitrogen and oxygen atoms in total. The lowest BCUT2D eigenvalue weighted by atomic mass is 9.44. The molecule has 0 aromatic rings. The third kappa shape index (κ3) is 2.57. The Bertz CT molecular complexity index is 1030. The van der Waals surface area contributed by atoms with Crippen molar-refractivity contribution in [1.29, 1.82) is 0 Å². The highest BCUT2D eigenvalue weighted by atomic mass is 16.6. The van der Waals surface area contributed by atoms with Gasteiger partial charge in [0.05, 0.1) is 17.1 Å². The quantitative estimate of drug-likeness (QED) is 0.295. The lowest BCUT2D eigenvalue weighted by Crippen LogP contribution is -2.63. The zero-order chi connectivity index (χ0) is 24.2. The molecule has 1 spiro atoms. The Kier molecular flexibility index (Phi) is 4.75. The van der Waals surface area contributed by atoms with Crippen LogP contribution in [0.4, 0.5) is 0 Å². The Morgan fingerprint density at radius 2 is 1.94 bits per heavy atom. The molecule has 4 aliphatic carbocycles. The summed E-state index contributed by atoms with van der Waals surface area (Å²) in [6, 6.07) is 0. The van der Waals surface area contributed by atoms with E-state index >= 15 is 0 Å². The highest BCUT2D eigenvalue weighted by molar-refractivity contribution is 6.08. The smallest absolute Gasteiger partial charge is 0.341 e. The number of cyclic esters (lactones) is 1. The SMILES string of the molecule is CC1=C(C=O)C(=O)OC([C@@H](C)C2CC[C@H]3C4C[C@H]5O[C@]56[C@@H](O)C=CC(=O)[C@]6(C)C4CC[C@]23C)C1. The number of rotatable bonds is 3. The molecular formula is C28H36O6. The van der Waals surface area contributed by atoms with Crippen LogP contribution >= 0.6 is 0 Å². The number of carbonyl (C=O) groups excluding carboxylic acids is 3. The Balaban J connectivity index is 1.27. The number of hydrogen-bond acceptors (Lipinski definition) is 6. The van der Waals surface area contributed by atoms with Crippen LogP contribution in [-0.4, -0.2) is 47.1 Å². The van der Waals surface area contributed by atoms with Crippen LogP contribution in [-0.2, 0) is 23.9 Å². The van der Waals surface area contributed by atoms with Crippen molar-refractivity contribution in [3.05, 3.63) is 23.3 Å². The predicted octanol–water partition coefficient (Wildman–Crippen LogP) is 3.56. The maximum absolute atomic E-state index is 13.3. The monoisotopic (exact) mass is 468 g/mol. The van der Waals surface area contributed by atoms with E-state index in [-0.39, 0.29) is 40.8 Å². The van der Waals surface area contributed by atoms with Crippen LogP contribution in [0, 0.1) is 40.4 Å². The van der Waals surface area contributed by atoms with Gasteiger partial charge in [-0.05, 0) is 93.1 Å². The van der Waals surface area contributed by atoms with Gasteiger partial charge in [-0.25, -0.2) is 4.79 Å². The van der Waals surface area contributed by atoms with E-state index in [0.29, 0.717) is 30.5 Å². The molecule has 0 aromatic carbocycles. The van der Waals surface area contributed by atoms with Crippen molar-refractivity contribution in [2.75, 3.05) is 0 Å². The van der Waals surface area contributed by atoms with E-state index in [1.54, 1.807) is 12.2 Å². The Morgan fingerprint density at radius 3 is 2.65 bits per heavy atom. The number of ether oxygens (including phenoxy) is 2. The summed E-state index contributed by atoms with van der Waals surface area (Å²) in [4.78, 5) is 37.0. The number of ketones is 1. The molecule has 6 rings (SSSR count). The van der Waals surface area contributed by atoms with E-state index < -0.39 is 23.1 Å². The van der Waals surface area contributed by atoms with Gasteiger partial charge in [0.2, 0.25) is 0 Å². The van der Waals surface area contributed by atoms with Crippen LogP contribution in [0.25, 0.3) is 0 Å². The number of aliphatic hydroxyl groups excluding tert-OH is 1. The molecule has 0 aromatic heterocycles. The van der Waals surface area contributed by atoms with Gasteiger partial charge in [-0.2, -0.15) is 0 Å². The van der Waals surface area contributed by atoms with Gasteiger partial charge in [0.1, 0.15) is 17.8 Å². The highest BCUT2D eigenvalue weighted by Crippen LogP contribution is 2.73. The summed E-state index contributed by atoms with van der Waals surface area (Å²) in [6.45, 7) is 8.55. The number of epoxide rings is 1. The van der Waals surface area contributed by atoms with Gasteiger partial charge in [-0.15, -0.1) is 0 Å². The van der Waals surface area contributed by atoms with E-state index in [9.17, 15) is 19.5 Å². The van der Waals surface area contributed by atoms with E-state index in [4.69, 9.17) is 9.47 Å². The summed E-state index contributed by atoms with van der Waals surface area (Å²) in [5.74, 6) is 1.38. The van der Waals surface area contributed by atoms with Crippen LogP contribution < -0.4 is 0 Å². The largest absolute Gasteiger partial charge is 0.458 e. The fourth-order valence-corrected chi connectivity index (χ4v) is 9.62. The van der Waals surface area contributed by atoms with Crippen LogP contribution in [0.3, 0.4) is 0 Å². The molecule has 3 saturated carbocycles. The average Bonchev–Trinajstić information content (AvgIpc) is 3.43. The van der Waals surface area contributed by atoms with Gasteiger partial charge >= 0.3 is 5.97 Å². The van der Waals surface area contributed by atoms with E-state index in [0.717, 1.165) is 37.7 Å². The predicted molar refractivity (Wildman–Crippen MR) is 123 cm³/mol. The Labute approximate surface area is 201 Å². The summed E-state index contributed by atoms with van der Waals surface area (Å²) < 4.78 is 12.0. The first-order valence-electron chi connectivity index (χ1n) is 13.0. The molecule has 0 radical (unpaired) electrons. The van der Waals surface area contributed by atoms with Gasteiger partial charge in [0.25, 0.3) is 0 Å². The topological polar surface area (TPSA) is 93.2 Å². The molecule has 6 heteroatoms. The third-order valence-corrected chi connectivity index (χ3v) is 11.5. The second-order valence-electron chi connectivity index (χ2n) is 12.4. The first-order chi connectivity index (χ1) is 16.1. The molecule has 34 heavy (non-hydrogen) atoms. The standard InChI is InChI=1S/C28H36O6/c1-14-11-21(33-25(32)17(14)13-29)15(2)18-5-6-19-16-12-24-28(34-24)23(31)8-7-22(30)27(28,4)20(16)9-10-26(18,19)3/h7-8,13,15-16,18-21,23-24,31H,5-6,9-12H2,1-4H3/t15-,16?,18?,19-,20?,21?,23-,24+,26+,27-,28+/m0/s1. The number of fused-ring (bicyclic) bond motifs is 4.